The first kappa shape index (κ1) is 22.2. The fourth-order valence-corrected chi connectivity index (χ4v) is 1.90. The van der Waals surface area contributed by atoms with Crippen molar-refractivity contribution in [3.63, 3.8) is 0 Å². The molecule has 1 aromatic rings. The summed E-state index contributed by atoms with van der Waals surface area (Å²) in [5.74, 6) is -0.966. The highest BCUT2D eigenvalue weighted by atomic mass is 16.6. The van der Waals surface area contributed by atoms with Crippen LogP contribution in [0.2, 0.25) is 0 Å². The summed E-state index contributed by atoms with van der Waals surface area (Å²) in [5.41, 5.74) is -0.220. The molecule has 0 aromatic heterocycles. The number of methoxy groups -OCH3 is 1. The highest BCUT2D eigenvalue weighted by Crippen LogP contribution is 2.30. The molecule has 0 unspecified atom stereocenters. The molecule has 0 saturated carbocycles. The van der Waals surface area contributed by atoms with Crippen LogP contribution >= 0.6 is 0 Å². The summed E-state index contributed by atoms with van der Waals surface area (Å²) in [4.78, 5) is 33.4. The topological polar surface area (TPSA) is 126 Å². The zero-order valence-corrected chi connectivity index (χ0v) is 15.6. The van der Waals surface area contributed by atoms with E-state index in [4.69, 9.17) is 18.9 Å². The fourth-order valence-electron chi connectivity index (χ4n) is 1.90. The van der Waals surface area contributed by atoms with E-state index in [1.54, 1.807) is 0 Å². The maximum absolute atomic E-state index is 11.6. The Kier molecular flexibility index (Phi) is 9.59. The highest BCUT2D eigenvalue weighted by molar-refractivity contribution is 5.80. The number of rotatable bonds is 12. The third-order valence-corrected chi connectivity index (χ3v) is 3.16. The van der Waals surface area contributed by atoms with Crippen LogP contribution in [0.25, 0.3) is 0 Å². The van der Waals surface area contributed by atoms with Gasteiger partial charge in [-0.2, -0.15) is 0 Å². The molecule has 0 fully saturated rings. The van der Waals surface area contributed by atoms with Gasteiger partial charge in [-0.15, -0.1) is 0 Å². The molecule has 10 nitrogen and oxygen atoms in total. The first-order valence-corrected chi connectivity index (χ1v) is 8.32. The van der Waals surface area contributed by atoms with Gasteiger partial charge in [0.15, 0.2) is 13.2 Å². The van der Waals surface area contributed by atoms with E-state index < -0.39 is 30.0 Å². The third-order valence-electron chi connectivity index (χ3n) is 3.16. The number of nitrogens with one attached hydrogen (secondary N) is 1. The van der Waals surface area contributed by atoms with Gasteiger partial charge in [0.2, 0.25) is 5.75 Å². The maximum atomic E-state index is 11.6. The Morgan fingerprint density at radius 1 is 1.26 bits per heavy atom. The normalized spacial score (nSPS) is 10.4. The Hall–Kier alpha value is -2.88. The zero-order chi connectivity index (χ0) is 20.2. The third kappa shape index (κ3) is 8.86. The Labute approximate surface area is 156 Å². The smallest absolute Gasteiger partial charge is 0.344 e. The number of hydrogen-bond acceptors (Lipinski definition) is 8. The zero-order valence-electron chi connectivity index (χ0n) is 15.6. The maximum Gasteiger partial charge on any atom is 0.344 e. The molecule has 1 N–H and O–H groups in total. The molecule has 10 heteroatoms. The number of amides is 1. The van der Waals surface area contributed by atoms with Crippen LogP contribution in [0.5, 0.6) is 11.5 Å². The molecular weight excluding hydrogens is 360 g/mol. The van der Waals surface area contributed by atoms with Crippen molar-refractivity contribution in [3.8, 4) is 11.5 Å². The van der Waals surface area contributed by atoms with Crippen molar-refractivity contribution in [1.82, 2.24) is 5.32 Å². The monoisotopic (exact) mass is 384 g/mol. The van der Waals surface area contributed by atoms with E-state index in [2.05, 4.69) is 5.32 Å². The fraction of sp³-hybridized carbons (Fsp3) is 0.529. The lowest BCUT2D eigenvalue weighted by molar-refractivity contribution is -0.385. The SMILES string of the molecule is COc1cc(OCC(=O)OCC(=O)NCCCOC(C)C)ccc1[N+](=O)[O-]. The van der Waals surface area contributed by atoms with Gasteiger partial charge in [0, 0.05) is 25.3 Å². The predicted molar refractivity (Wildman–Crippen MR) is 94.8 cm³/mol. The molecule has 0 heterocycles. The van der Waals surface area contributed by atoms with Crippen LogP contribution < -0.4 is 14.8 Å². The van der Waals surface area contributed by atoms with Gasteiger partial charge in [0.05, 0.1) is 18.1 Å². The first-order valence-electron chi connectivity index (χ1n) is 8.32. The minimum atomic E-state index is -0.745. The van der Waals surface area contributed by atoms with Crippen LogP contribution in [0.1, 0.15) is 20.3 Å². The molecule has 1 rings (SSSR count). The highest BCUT2D eigenvalue weighted by Gasteiger charge is 2.16. The molecule has 0 bridgehead atoms. The first-order chi connectivity index (χ1) is 12.8. The molecular formula is C17H24N2O8. The van der Waals surface area contributed by atoms with Crippen LogP contribution in [-0.2, 0) is 19.1 Å². The molecule has 1 amide bonds. The van der Waals surface area contributed by atoms with Crippen LogP contribution in [0.4, 0.5) is 5.69 Å². The number of hydrogen-bond donors (Lipinski definition) is 1. The molecule has 0 aliphatic heterocycles. The molecule has 0 atom stereocenters. The second-order valence-electron chi connectivity index (χ2n) is 5.66. The number of nitro groups is 1. The van der Waals surface area contributed by atoms with Crippen LogP contribution in [0, 0.1) is 10.1 Å². The minimum absolute atomic E-state index is 0.00620. The minimum Gasteiger partial charge on any atom is -0.490 e. The lowest BCUT2D eigenvalue weighted by atomic mass is 10.3. The average molecular weight is 384 g/mol. The van der Waals surface area contributed by atoms with Gasteiger partial charge >= 0.3 is 11.7 Å². The van der Waals surface area contributed by atoms with Crippen molar-refractivity contribution in [1.29, 1.82) is 0 Å². The van der Waals surface area contributed by atoms with Gasteiger partial charge < -0.3 is 24.3 Å². The van der Waals surface area contributed by atoms with Crippen LogP contribution in [-0.4, -0.2) is 56.4 Å². The Balaban J connectivity index is 2.29. The summed E-state index contributed by atoms with van der Waals surface area (Å²) in [6, 6.07) is 3.83. The summed E-state index contributed by atoms with van der Waals surface area (Å²) < 4.78 is 20.2. The second kappa shape index (κ2) is 11.7. The summed E-state index contributed by atoms with van der Waals surface area (Å²) >= 11 is 0. The lowest BCUT2D eigenvalue weighted by Gasteiger charge is -2.09. The van der Waals surface area contributed by atoms with E-state index in [-0.39, 0.29) is 23.3 Å². The predicted octanol–water partition coefficient (Wildman–Crippen LogP) is 1.46. The van der Waals surface area contributed by atoms with Crippen LogP contribution in [0.3, 0.4) is 0 Å². The number of benzene rings is 1. The molecule has 0 saturated heterocycles. The van der Waals surface area contributed by atoms with Gasteiger partial charge in [-0.25, -0.2) is 4.79 Å². The van der Waals surface area contributed by atoms with Crippen molar-refractivity contribution in [2.75, 3.05) is 33.5 Å². The molecule has 150 valence electrons. The molecule has 0 spiro atoms. The van der Waals surface area contributed by atoms with Crippen molar-refractivity contribution >= 4 is 17.6 Å². The van der Waals surface area contributed by atoms with E-state index in [9.17, 15) is 19.7 Å². The van der Waals surface area contributed by atoms with Crippen molar-refractivity contribution in [2.24, 2.45) is 0 Å². The van der Waals surface area contributed by atoms with E-state index in [1.165, 1.54) is 25.3 Å². The van der Waals surface area contributed by atoms with E-state index in [0.717, 1.165) is 0 Å². The summed E-state index contributed by atoms with van der Waals surface area (Å²) in [5, 5.41) is 13.4. The van der Waals surface area contributed by atoms with E-state index in [1.807, 2.05) is 13.8 Å². The molecule has 1 aromatic carbocycles. The molecule has 0 radical (unpaired) electrons. The van der Waals surface area contributed by atoms with Gasteiger partial charge in [0.25, 0.3) is 5.91 Å². The van der Waals surface area contributed by atoms with Crippen molar-refractivity contribution < 1.29 is 33.5 Å². The van der Waals surface area contributed by atoms with Crippen molar-refractivity contribution in [2.45, 2.75) is 26.4 Å². The summed E-state index contributed by atoms with van der Waals surface area (Å²) in [6.45, 7) is 3.93. The number of esters is 1. The van der Waals surface area contributed by atoms with Gasteiger partial charge in [-0.3, -0.25) is 14.9 Å². The molecule has 0 aliphatic carbocycles. The number of ether oxygens (including phenoxy) is 4. The standard InChI is InChI=1S/C17H24N2O8/c1-12(2)25-8-4-7-18-16(20)10-27-17(21)11-26-13-5-6-14(19(22)23)15(9-13)24-3/h5-6,9,12H,4,7-8,10-11H2,1-3H3,(H,18,20). The second-order valence-corrected chi connectivity index (χ2v) is 5.66. The Morgan fingerprint density at radius 2 is 2.00 bits per heavy atom. The summed E-state index contributed by atoms with van der Waals surface area (Å²) in [6.07, 6.45) is 0.792. The van der Waals surface area contributed by atoms with Crippen molar-refractivity contribution in [3.05, 3.63) is 28.3 Å². The Morgan fingerprint density at radius 3 is 2.63 bits per heavy atom. The largest absolute Gasteiger partial charge is 0.490 e. The van der Waals surface area contributed by atoms with E-state index >= 15 is 0 Å². The molecule has 0 aliphatic rings. The number of nitrogens with zero attached hydrogens (tertiary/aromatic N) is 1. The lowest BCUT2D eigenvalue weighted by Crippen LogP contribution is -2.31. The van der Waals surface area contributed by atoms with Gasteiger partial charge in [-0.05, 0) is 26.3 Å². The van der Waals surface area contributed by atoms with E-state index in [0.29, 0.717) is 19.6 Å². The number of carbonyl (C=O) groups excluding carboxylic acids is 2. The van der Waals surface area contributed by atoms with Crippen LogP contribution in [0.15, 0.2) is 18.2 Å². The average Bonchev–Trinajstić information content (AvgIpc) is 2.63. The van der Waals surface area contributed by atoms with Gasteiger partial charge in [0.1, 0.15) is 5.75 Å². The number of carbonyl (C=O) groups is 2. The molecule has 27 heavy (non-hydrogen) atoms. The van der Waals surface area contributed by atoms with Gasteiger partial charge in [-0.1, -0.05) is 0 Å². The quantitative estimate of drug-likeness (QED) is 0.248. The Bertz CT molecular complexity index is 648. The number of nitro benzene ring substituents is 1. The summed E-state index contributed by atoms with van der Waals surface area (Å²) in [7, 11) is 1.29.